The van der Waals surface area contributed by atoms with Crippen molar-refractivity contribution in [2.45, 2.75) is 59.3 Å². The van der Waals surface area contributed by atoms with Crippen molar-refractivity contribution in [2.75, 3.05) is 0 Å². The Morgan fingerprint density at radius 2 is 1.14 bits per heavy atom. The number of hydrogen-bond acceptors (Lipinski definition) is 2. The Balaban J connectivity index is -0.000000405. The number of hydrogen-bond donors (Lipinski definition) is 1. The Hall–Kier alpha value is 0.0925. The van der Waals surface area contributed by atoms with Gasteiger partial charge in [-0.1, -0.05) is 41.5 Å². The summed E-state index contributed by atoms with van der Waals surface area (Å²) in [5, 5.41) is 10.5. The normalized spacial score (nSPS) is 10.3. The molecule has 0 amide bonds. The van der Waals surface area contributed by atoms with Crippen LogP contribution in [0.25, 0.3) is 0 Å². The number of halogens is 3. The molecule has 1 N–H and O–H groups in total. The van der Waals surface area contributed by atoms with Crippen molar-refractivity contribution in [3.63, 3.8) is 0 Å². The van der Waals surface area contributed by atoms with E-state index in [0.29, 0.717) is 11.3 Å². The fourth-order valence-electron chi connectivity index (χ4n) is 1.98. The van der Waals surface area contributed by atoms with Gasteiger partial charge in [0.05, 0.1) is 0 Å². The van der Waals surface area contributed by atoms with Crippen LogP contribution >= 0.6 is 0 Å². The number of aromatic hydroxyl groups is 1. The minimum absolute atomic E-state index is 0. The van der Waals surface area contributed by atoms with E-state index in [1.165, 1.54) is 0 Å². The zero-order valence-corrected chi connectivity index (χ0v) is 17.6. The molecular weight excluding hydrogens is 358 g/mol. The molecule has 0 heterocycles. The molecule has 0 unspecified atom stereocenters. The van der Waals surface area contributed by atoms with Gasteiger partial charge in [-0.3, -0.25) is 4.79 Å². The maximum Gasteiger partial charge on any atom is 3.00 e. The van der Waals surface area contributed by atoms with Gasteiger partial charge in [0.25, 0.3) is 0 Å². The number of Topliss-reactive ketones (excluding diaryl/α,β-unsaturated/α-hetero) is 1. The third kappa shape index (κ3) is 7.11. The number of phenolic OH excluding ortho intramolecular Hbond substituents is 1. The first-order valence-corrected chi connectivity index (χ1v) is 6.33. The van der Waals surface area contributed by atoms with Crippen LogP contribution in [0, 0.1) is 0 Å². The Kier molecular flexibility index (Phi) is 13.7. The smallest absolute Gasteiger partial charge is 1.00 e. The van der Waals surface area contributed by atoms with Crippen molar-refractivity contribution < 1.29 is 47.1 Å². The minimum atomic E-state index is -0.185. The first kappa shape index (κ1) is 30.0. The number of phenols is 1. The zero-order chi connectivity index (χ0) is 14.3. The van der Waals surface area contributed by atoms with Gasteiger partial charge >= 0.3 is 17.4 Å². The van der Waals surface area contributed by atoms with E-state index in [0.717, 1.165) is 11.1 Å². The molecule has 6 heteroatoms. The van der Waals surface area contributed by atoms with Crippen molar-refractivity contribution in [1.29, 1.82) is 0 Å². The summed E-state index contributed by atoms with van der Waals surface area (Å²) in [4.78, 5) is 11.6. The molecule has 0 bridgehead atoms. The second-order valence-corrected chi connectivity index (χ2v) is 6.98. The van der Waals surface area contributed by atoms with Crippen molar-refractivity contribution >= 4 is 23.1 Å². The van der Waals surface area contributed by atoms with Crippen molar-refractivity contribution in [3.8, 4) is 5.75 Å². The predicted octanol–water partition coefficient (Wildman–Crippen LogP) is -5.18. The summed E-state index contributed by atoms with van der Waals surface area (Å²) < 4.78 is 0. The summed E-state index contributed by atoms with van der Waals surface area (Å²) in [5.74, 6) is 0.353. The van der Waals surface area contributed by atoms with Crippen molar-refractivity contribution in [1.82, 2.24) is 0 Å². The molecule has 1 aromatic carbocycles. The third-order valence-electron chi connectivity index (χ3n) is 3.13. The van der Waals surface area contributed by atoms with Gasteiger partial charge in [-0.2, -0.15) is 0 Å². The third-order valence-corrected chi connectivity index (χ3v) is 3.13. The SMILES string of the molecule is CC(=O)c1cc(C(C)(C)C)c(O)c(C(C)(C)C)c1.[Al+3].[Cl-].[Cl-].[Cl-]. The van der Waals surface area contributed by atoms with Gasteiger partial charge in [0.2, 0.25) is 0 Å². The van der Waals surface area contributed by atoms with E-state index in [1.54, 1.807) is 6.92 Å². The van der Waals surface area contributed by atoms with Crippen LogP contribution in [-0.2, 0) is 10.8 Å². The Morgan fingerprint density at radius 1 is 0.864 bits per heavy atom. The maximum atomic E-state index is 11.6. The van der Waals surface area contributed by atoms with E-state index in [9.17, 15) is 9.90 Å². The summed E-state index contributed by atoms with van der Waals surface area (Å²) in [6, 6.07) is 3.62. The zero-order valence-electron chi connectivity index (χ0n) is 14.2. The molecule has 0 aromatic heterocycles. The summed E-state index contributed by atoms with van der Waals surface area (Å²) in [7, 11) is 0. The molecule has 0 saturated carbocycles. The first-order valence-electron chi connectivity index (χ1n) is 6.33. The Labute approximate surface area is 163 Å². The molecule has 0 aliphatic rings. The molecule has 0 aliphatic heterocycles. The molecule has 22 heavy (non-hydrogen) atoms. The predicted molar refractivity (Wildman–Crippen MR) is 81.3 cm³/mol. The van der Waals surface area contributed by atoms with Crippen molar-refractivity contribution in [2.24, 2.45) is 0 Å². The van der Waals surface area contributed by atoms with Gasteiger partial charge in [0.15, 0.2) is 5.78 Å². The van der Waals surface area contributed by atoms with E-state index in [2.05, 4.69) is 0 Å². The molecule has 2 nitrogen and oxygen atoms in total. The van der Waals surface area contributed by atoms with Crippen LogP contribution in [0.3, 0.4) is 0 Å². The van der Waals surface area contributed by atoms with E-state index in [-0.39, 0.29) is 71.2 Å². The molecule has 124 valence electrons. The molecule has 1 rings (SSSR count). The van der Waals surface area contributed by atoms with Gasteiger partial charge in [0.1, 0.15) is 5.75 Å². The van der Waals surface area contributed by atoms with E-state index in [4.69, 9.17) is 0 Å². The number of ketones is 1. The Morgan fingerprint density at radius 3 is 1.32 bits per heavy atom. The summed E-state index contributed by atoms with van der Waals surface area (Å²) in [6.45, 7) is 13.8. The van der Waals surface area contributed by atoms with E-state index in [1.807, 2.05) is 53.7 Å². The molecule has 1 aromatic rings. The Bertz CT molecular complexity index is 454. The average Bonchev–Trinajstić information content (AvgIpc) is 2.13. The molecule has 0 fully saturated rings. The summed E-state index contributed by atoms with van der Waals surface area (Å²) in [6.07, 6.45) is 0. The van der Waals surface area contributed by atoms with Crippen LogP contribution in [0.2, 0.25) is 0 Å². The van der Waals surface area contributed by atoms with Crippen LogP contribution in [0.5, 0.6) is 5.75 Å². The van der Waals surface area contributed by atoms with Crippen LogP contribution in [0.4, 0.5) is 0 Å². The second-order valence-electron chi connectivity index (χ2n) is 6.98. The number of carbonyl (C=O) groups excluding carboxylic acids is 1. The fraction of sp³-hybridized carbons (Fsp3) is 0.562. The molecule has 0 atom stereocenters. The topological polar surface area (TPSA) is 37.3 Å². The van der Waals surface area contributed by atoms with Gasteiger partial charge in [-0.25, -0.2) is 0 Å². The average molecular weight is 382 g/mol. The summed E-state index contributed by atoms with van der Waals surface area (Å²) >= 11 is 0. The number of rotatable bonds is 1. The molecule has 0 spiro atoms. The van der Waals surface area contributed by atoms with Crippen LogP contribution in [0.15, 0.2) is 12.1 Å². The van der Waals surface area contributed by atoms with E-state index < -0.39 is 0 Å². The number of benzene rings is 1. The molecule has 0 aliphatic carbocycles. The monoisotopic (exact) mass is 380 g/mol. The van der Waals surface area contributed by atoms with Crippen LogP contribution < -0.4 is 37.2 Å². The maximum absolute atomic E-state index is 11.6. The van der Waals surface area contributed by atoms with E-state index >= 15 is 0 Å². The quantitative estimate of drug-likeness (QED) is 0.390. The van der Waals surface area contributed by atoms with Gasteiger partial charge in [-0.05, 0) is 29.9 Å². The molecule has 0 saturated heterocycles. The second kappa shape index (κ2) is 10.1. The fourth-order valence-corrected chi connectivity index (χ4v) is 1.98. The van der Waals surface area contributed by atoms with Crippen LogP contribution in [0.1, 0.15) is 70.0 Å². The first-order chi connectivity index (χ1) is 7.94. The molecular formula is C16H24AlCl3O2. The summed E-state index contributed by atoms with van der Waals surface area (Å²) in [5.41, 5.74) is 1.97. The number of carbonyl (C=O) groups is 1. The minimum Gasteiger partial charge on any atom is -1.00 e. The standard InChI is InChI=1S/C16H24O2.Al.3ClH/c1-10(17)11-8-12(15(2,3)4)14(18)13(9-11)16(5,6)7;;;;/h8-9,18H,1-7H3;;3*1H/q;+3;;;/p-3. The van der Waals surface area contributed by atoms with Gasteiger partial charge < -0.3 is 42.3 Å². The largest absolute Gasteiger partial charge is 3.00 e. The molecule has 0 radical (unpaired) electrons. The van der Waals surface area contributed by atoms with Crippen molar-refractivity contribution in [3.05, 3.63) is 28.8 Å². The van der Waals surface area contributed by atoms with Gasteiger partial charge in [0, 0.05) is 16.7 Å². The van der Waals surface area contributed by atoms with Crippen LogP contribution in [-0.4, -0.2) is 28.3 Å². The van der Waals surface area contributed by atoms with Gasteiger partial charge in [-0.15, -0.1) is 0 Å².